The Balaban J connectivity index is 1.86. The first-order valence-electron chi connectivity index (χ1n) is 10.7. The van der Waals surface area contributed by atoms with Gasteiger partial charge in [0, 0.05) is 23.5 Å². The number of ether oxygens (including phenoxy) is 1. The van der Waals surface area contributed by atoms with Crippen molar-refractivity contribution in [2.75, 3.05) is 12.4 Å². The maximum absolute atomic E-state index is 14.9. The summed E-state index contributed by atoms with van der Waals surface area (Å²) in [6.07, 6.45) is -2.56. The zero-order chi connectivity index (χ0) is 27.4. The van der Waals surface area contributed by atoms with Crippen molar-refractivity contribution in [3.05, 3.63) is 95.2 Å². The number of nitrogens with one attached hydrogen (secondary N) is 1. The van der Waals surface area contributed by atoms with Crippen molar-refractivity contribution < 1.29 is 31.9 Å². The molecule has 2 heterocycles. The molecule has 2 aromatic carbocycles. The van der Waals surface area contributed by atoms with Crippen LogP contribution in [0.3, 0.4) is 0 Å². The standard InChI is InChI=1S/C26H15F4N5O3/c1-38-25(37)17-11-20(22(34-21(17)13-31)14-6-3-2-4-7-14)35-24(36)16-10-15(23-32-8-5-9-33-23)18(12-19(16)27)26(28,29)30/h2-12H,1H3,(H,35,36). The Bertz CT molecular complexity index is 1570. The second-order valence-corrected chi connectivity index (χ2v) is 7.65. The monoisotopic (exact) mass is 521 g/mol. The van der Waals surface area contributed by atoms with Gasteiger partial charge in [0.25, 0.3) is 5.91 Å². The second-order valence-electron chi connectivity index (χ2n) is 7.65. The molecule has 12 heteroatoms. The van der Waals surface area contributed by atoms with E-state index in [1.807, 2.05) is 0 Å². The number of nitriles is 1. The van der Waals surface area contributed by atoms with Gasteiger partial charge in [0.1, 0.15) is 11.9 Å². The number of benzene rings is 2. The highest BCUT2D eigenvalue weighted by Gasteiger charge is 2.36. The van der Waals surface area contributed by atoms with Gasteiger partial charge < -0.3 is 10.1 Å². The quantitative estimate of drug-likeness (QED) is 0.281. The van der Waals surface area contributed by atoms with Crippen LogP contribution in [0, 0.1) is 17.1 Å². The van der Waals surface area contributed by atoms with Crippen molar-refractivity contribution in [1.82, 2.24) is 15.0 Å². The van der Waals surface area contributed by atoms with Gasteiger partial charge in [-0.2, -0.15) is 18.4 Å². The number of methoxy groups -OCH3 is 1. The highest BCUT2D eigenvalue weighted by Crippen LogP contribution is 2.38. The lowest BCUT2D eigenvalue weighted by atomic mass is 10.0. The summed E-state index contributed by atoms with van der Waals surface area (Å²) in [5.74, 6) is -3.89. The van der Waals surface area contributed by atoms with E-state index in [0.717, 1.165) is 13.2 Å². The summed E-state index contributed by atoms with van der Waals surface area (Å²) in [5, 5.41) is 11.9. The first-order chi connectivity index (χ1) is 18.1. The SMILES string of the molecule is COC(=O)c1cc(NC(=O)c2cc(-c3ncccn3)c(C(F)(F)F)cc2F)c(-c2ccccc2)nc1C#N. The molecule has 0 unspecified atom stereocenters. The summed E-state index contributed by atoms with van der Waals surface area (Å²) in [7, 11) is 1.08. The smallest absolute Gasteiger partial charge is 0.417 e. The maximum Gasteiger partial charge on any atom is 0.417 e. The molecule has 4 aromatic rings. The van der Waals surface area contributed by atoms with Gasteiger partial charge in [-0.1, -0.05) is 30.3 Å². The third-order valence-corrected chi connectivity index (χ3v) is 5.29. The molecule has 0 bridgehead atoms. The first-order valence-corrected chi connectivity index (χ1v) is 10.7. The summed E-state index contributed by atoms with van der Waals surface area (Å²) < 4.78 is 60.5. The third kappa shape index (κ3) is 5.17. The van der Waals surface area contributed by atoms with E-state index < -0.39 is 40.6 Å². The lowest BCUT2D eigenvalue weighted by Gasteiger charge is -2.16. The van der Waals surface area contributed by atoms with Crippen LogP contribution in [0.25, 0.3) is 22.6 Å². The summed E-state index contributed by atoms with van der Waals surface area (Å²) in [6, 6.07) is 13.4. The number of pyridine rings is 1. The van der Waals surface area contributed by atoms with Gasteiger partial charge in [-0.15, -0.1) is 0 Å². The number of aromatic nitrogens is 3. The van der Waals surface area contributed by atoms with Crippen molar-refractivity contribution in [3.8, 4) is 28.7 Å². The highest BCUT2D eigenvalue weighted by atomic mass is 19.4. The number of nitrogens with zero attached hydrogens (tertiary/aromatic N) is 4. The predicted molar refractivity (Wildman–Crippen MR) is 126 cm³/mol. The highest BCUT2D eigenvalue weighted by molar-refractivity contribution is 6.07. The Morgan fingerprint density at radius 2 is 1.68 bits per heavy atom. The number of hydrogen-bond donors (Lipinski definition) is 1. The fourth-order valence-electron chi connectivity index (χ4n) is 3.57. The molecule has 0 aliphatic carbocycles. The Kier molecular flexibility index (Phi) is 7.11. The number of alkyl halides is 3. The van der Waals surface area contributed by atoms with Crippen LogP contribution in [0.1, 0.15) is 32.0 Å². The summed E-state index contributed by atoms with van der Waals surface area (Å²) in [6.45, 7) is 0. The normalized spacial score (nSPS) is 10.9. The predicted octanol–water partition coefficient (Wildman–Crippen LogP) is 5.27. The molecule has 8 nitrogen and oxygen atoms in total. The van der Waals surface area contributed by atoms with E-state index in [4.69, 9.17) is 0 Å². The summed E-state index contributed by atoms with van der Waals surface area (Å²) in [5.41, 5.74) is -2.92. The van der Waals surface area contributed by atoms with E-state index in [1.165, 1.54) is 18.5 Å². The maximum atomic E-state index is 14.9. The molecule has 0 saturated heterocycles. The molecule has 4 rings (SSSR count). The zero-order valence-electron chi connectivity index (χ0n) is 19.4. The van der Waals surface area contributed by atoms with Gasteiger partial charge in [-0.3, -0.25) is 4.79 Å². The first kappa shape index (κ1) is 25.9. The Hall–Kier alpha value is -5.18. The molecular weight excluding hydrogens is 506 g/mol. The molecule has 38 heavy (non-hydrogen) atoms. The molecule has 0 aliphatic heterocycles. The molecule has 190 valence electrons. The molecule has 1 N–H and O–H groups in total. The van der Waals surface area contributed by atoms with Crippen LogP contribution in [0.4, 0.5) is 23.2 Å². The molecule has 0 atom stereocenters. The fraction of sp³-hybridized carbons (Fsp3) is 0.0769. The number of amides is 1. The average molecular weight is 521 g/mol. The van der Waals surface area contributed by atoms with Crippen molar-refractivity contribution in [1.29, 1.82) is 5.26 Å². The Morgan fingerprint density at radius 3 is 2.29 bits per heavy atom. The Labute approximate surface area is 212 Å². The van der Waals surface area contributed by atoms with Crippen LogP contribution in [-0.4, -0.2) is 33.9 Å². The third-order valence-electron chi connectivity index (χ3n) is 5.29. The molecule has 0 saturated carbocycles. The number of carbonyl (C=O) groups is 2. The minimum atomic E-state index is -4.96. The van der Waals surface area contributed by atoms with E-state index in [0.29, 0.717) is 11.6 Å². The van der Waals surface area contributed by atoms with Crippen LogP contribution in [0.5, 0.6) is 0 Å². The second kappa shape index (κ2) is 10.4. The lowest BCUT2D eigenvalue weighted by Crippen LogP contribution is -2.18. The van der Waals surface area contributed by atoms with Gasteiger partial charge in [0.15, 0.2) is 11.5 Å². The van der Waals surface area contributed by atoms with E-state index in [1.54, 1.807) is 36.4 Å². The number of anilines is 1. The molecule has 0 aliphatic rings. The molecular formula is C26H15F4N5O3. The van der Waals surface area contributed by atoms with Crippen molar-refractivity contribution in [2.24, 2.45) is 0 Å². The number of rotatable bonds is 5. The minimum absolute atomic E-state index is 0.0575. The number of carbonyl (C=O) groups excluding carboxylic acids is 2. The van der Waals surface area contributed by atoms with Crippen LogP contribution in [0.2, 0.25) is 0 Å². The summed E-state index contributed by atoms with van der Waals surface area (Å²) >= 11 is 0. The van der Waals surface area contributed by atoms with E-state index in [2.05, 4.69) is 25.0 Å². The van der Waals surface area contributed by atoms with Crippen LogP contribution in [0.15, 0.2) is 67.0 Å². The largest absolute Gasteiger partial charge is 0.465 e. The van der Waals surface area contributed by atoms with Crippen LogP contribution in [-0.2, 0) is 10.9 Å². The van der Waals surface area contributed by atoms with Gasteiger partial charge in [0.05, 0.1) is 35.2 Å². The number of halogens is 4. The van der Waals surface area contributed by atoms with Gasteiger partial charge >= 0.3 is 12.1 Å². The molecule has 2 aromatic heterocycles. The zero-order valence-corrected chi connectivity index (χ0v) is 19.4. The van der Waals surface area contributed by atoms with E-state index in [-0.39, 0.29) is 34.5 Å². The minimum Gasteiger partial charge on any atom is -0.465 e. The van der Waals surface area contributed by atoms with Crippen molar-refractivity contribution in [2.45, 2.75) is 6.18 Å². The summed E-state index contributed by atoms with van der Waals surface area (Å²) in [4.78, 5) is 37.2. The van der Waals surface area contributed by atoms with Gasteiger partial charge in [-0.25, -0.2) is 24.1 Å². The van der Waals surface area contributed by atoms with Gasteiger partial charge in [0.2, 0.25) is 0 Å². The van der Waals surface area contributed by atoms with Crippen molar-refractivity contribution in [3.63, 3.8) is 0 Å². The van der Waals surface area contributed by atoms with Crippen LogP contribution < -0.4 is 5.32 Å². The molecule has 0 radical (unpaired) electrons. The molecule has 1 amide bonds. The van der Waals surface area contributed by atoms with Crippen LogP contribution >= 0.6 is 0 Å². The number of hydrogen-bond acceptors (Lipinski definition) is 7. The number of esters is 1. The lowest BCUT2D eigenvalue weighted by molar-refractivity contribution is -0.137. The molecule has 0 fully saturated rings. The molecule has 0 spiro atoms. The fourth-order valence-corrected chi connectivity index (χ4v) is 3.57. The van der Waals surface area contributed by atoms with E-state index >= 15 is 0 Å². The van der Waals surface area contributed by atoms with Gasteiger partial charge in [-0.05, 0) is 24.3 Å². The van der Waals surface area contributed by atoms with Crippen molar-refractivity contribution >= 4 is 17.6 Å². The van der Waals surface area contributed by atoms with E-state index in [9.17, 15) is 32.4 Å². The average Bonchev–Trinajstić information content (AvgIpc) is 2.92. The topological polar surface area (TPSA) is 118 Å². The Morgan fingerprint density at radius 1 is 1.00 bits per heavy atom.